The molecule has 7 heteroatoms. The van der Waals surface area contributed by atoms with Gasteiger partial charge in [-0.05, 0) is 62.0 Å². The molecule has 7 nitrogen and oxygen atoms in total. The van der Waals surface area contributed by atoms with Gasteiger partial charge in [-0.1, -0.05) is 70.7 Å². The Kier molecular flexibility index (Phi) is 21.1. The van der Waals surface area contributed by atoms with Gasteiger partial charge in [-0.2, -0.15) is 0 Å². The number of allylic oxidation sites excluding steroid dienone is 3. The lowest BCUT2D eigenvalue weighted by atomic mass is 10.2. The molecule has 0 aliphatic rings. The summed E-state index contributed by atoms with van der Waals surface area (Å²) in [5.41, 5.74) is 6.14. The molecule has 2 aromatic rings. The number of unbranched alkanes of at least 4 members (excludes halogenated alkanes) is 3. The van der Waals surface area contributed by atoms with Crippen LogP contribution in [-0.2, 0) is 4.79 Å². The minimum Gasteiger partial charge on any atom is -0.493 e. The SMILES string of the molecule is C/C=C/C=C/N.CCCC.CCCCCN(C)c1ccccc1OC(C=O)CCOc1ccc(C(=O)O)cc1. The van der Waals surface area contributed by atoms with Crippen LogP contribution in [0.2, 0.25) is 0 Å². The third-order valence-electron chi connectivity index (χ3n) is 5.49. The number of para-hydroxylation sites is 2. The smallest absolute Gasteiger partial charge is 0.335 e. The Balaban J connectivity index is 0.00000123. The fourth-order valence-corrected chi connectivity index (χ4v) is 3.07. The van der Waals surface area contributed by atoms with Gasteiger partial charge in [-0.3, -0.25) is 4.79 Å². The van der Waals surface area contributed by atoms with E-state index in [0.29, 0.717) is 17.9 Å². The zero-order chi connectivity index (χ0) is 29.3. The number of hydrogen-bond donors (Lipinski definition) is 2. The topological polar surface area (TPSA) is 102 Å². The average molecular weight is 541 g/mol. The second kappa shape index (κ2) is 23.4. The molecule has 0 fully saturated rings. The van der Waals surface area contributed by atoms with E-state index in [9.17, 15) is 9.59 Å². The fraction of sp³-hybridized carbons (Fsp3) is 0.438. The van der Waals surface area contributed by atoms with Gasteiger partial charge in [0.2, 0.25) is 0 Å². The van der Waals surface area contributed by atoms with Crippen LogP contribution < -0.4 is 20.1 Å². The second-order valence-electron chi connectivity index (χ2n) is 8.77. The number of ether oxygens (including phenoxy) is 2. The van der Waals surface area contributed by atoms with Crippen molar-refractivity contribution >= 4 is 17.9 Å². The molecule has 3 N–H and O–H groups in total. The largest absolute Gasteiger partial charge is 0.493 e. The van der Waals surface area contributed by atoms with Gasteiger partial charge in [-0.25, -0.2) is 4.79 Å². The number of carbonyl (C=O) groups is 2. The highest BCUT2D eigenvalue weighted by Crippen LogP contribution is 2.28. The number of nitrogens with two attached hydrogens (primary N) is 1. The summed E-state index contributed by atoms with van der Waals surface area (Å²) < 4.78 is 11.6. The molecule has 0 saturated heterocycles. The van der Waals surface area contributed by atoms with Gasteiger partial charge in [0.05, 0.1) is 17.9 Å². The van der Waals surface area contributed by atoms with Crippen LogP contribution in [0.25, 0.3) is 0 Å². The lowest BCUT2D eigenvalue weighted by Gasteiger charge is -2.24. The molecule has 1 atom stereocenters. The van der Waals surface area contributed by atoms with Crippen molar-refractivity contribution < 1.29 is 24.2 Å². The molecule has 0 aliphatic heterocycles. The van der Waals surface area contributed by atoms with Crippen molar-refractivity contribution in [2.24, 2.45) is 5.73 Å². The third-order valence-corrected chi connectivity index (χ3v) is 5.49. The van der Waals surface area contributed by atoms with Crippen molar-refractivity contribution in [3.63, 3.8) is 0 Å². The maximum Gasteiger partial charge on any atom is 0.335 e. The Labute approximate surface area is 235 Å². The third kappa shape index (κ3) is 16.7. The molecule has 216 valence electrons. The van der Waals surface area contributed by atoms with E-state index < -0.39 is 12.1 Å². The van der Waals surface area contributed by atoms with Crippen LogP contribution in [-0.4, -0.2) is 43.7 Å². The molecular weight excluding hydrogens is 492 g/mol. The highest BCUT2D eigenvalue weighted by molar-refractivity contribution is 5.87. The highest BCUT2D eigenvalue weighted by atomic mass is 16.5. The van der Waals surface area contributed by atoms with Crippen molar-refractivity contribution in [1.29, 1.82) is 0 Å². The molecule has 0 radical (unpaired) electrons. The van der Waals surface area contributed by atoms with E-state index in [2.05, 4.69) is 25.7 Å². The van der Waals surface area contributed by atoms with Gasteiger partial charge >= 0.3 is 5.97 Å². The monoisotopic (exact) mass is 540 g/mol. The minimum atomic E-state index is -0.982. The first-order chi connectivity index (χ1) is 18.9. The van der Waals surface area contributed by atoms with E-state index in [1.165, 1.54) is 37.6 Å². The number of carboxylic acid groups (broad SMARTS) is 1. The Morgan fingerprint density at radius 3 is 2.18 bits per heavy atom. The van der Waals surface area contributed by atoms with Gasteiger partial charge < -0.3 is 25.2 Å². The molecule has 0 amide bonds. The molecule has 2 rings (SSSR count). The molecule has 0 bridgehead atoms. The van der Waals surface area contributed by atoms with Crippen LogP contribution in [0.3, 0.4) is 0 Å². The summed E-state index contributed by atoms with van der Waals surface area (Å²) >= 11 is 0. The van der Waals surface area contributed by atoms with E-state index in [4.69, 9.17) is 20.3 Å². The first-order valence-electron chi connectivity index (χ1n) is 13.8. The number of aromatic carboxylic acids is 1. The van der Waals surface area contributed by atoms with Gasteiger partial charge in [0.1, 0.15) is 11.5 Å². The Morgan fingerprint density at radius 2 is 1.67 bits per heavy atom. The summed E-state index contributed by atoms with van der Waals surface area (Å²) in [6.45, 7) is 9.69. The number of hydrogen-bond acceptors (Lipinski definition) is 6. The molecule has 0 saturated carbocycles. The lowest BCUT2D eigenvalue weighted by molar-refractivity contribution is -0.114. The van der Waals surface area contributed by atoms with Crippen LogP contribution in [0.1, 0.15) is 76.6 Å². The molecule has 0 spiro atoms. The molecular formula is C32H48N2O5. The van der Waals surface area contributed by atoms with Crippen molar-refractivity contribution in [2.45, 2.75) is 72.3 Å². The number of nitrogens with zero attached hydrogens (tertiary/aromatic N) is 1. The summed E-state index contributed by atoms with van der Waals surface area (Å²) in [5, 5.41) is 8.92. The van der Waals surface area contributed by atoms with E-state index in [1.807, 2.05) is 50.4 Å². The maximum absolute atomic E-state index is 11.5. The summed E-state index contributed by atoms with van der Waals surface area (Å²) in [6.07, 6.45) is 13.7. The zero-order valence-corrected chi connectivity index (χ0v) is 24.3. The summed E-state index contributed by atoms with van der Waals surface area (Å²) in [5.74, 6) is 0.245. The van der Waals surface area contributed by atoms with E-state index in [1.54, 1.807) is 18.2 Å². The second-order valence-corrected chi connectivity index (χ2v) is 8.77. The molecule has 0 aromatic heterocycles. The van der Waals surface area contributed by atoms with Crippen molar-refractivity contribution in [3.05, 3.63) is 78.5 Å². The molecule has 0 heterocycles. The number of benzene rings is 2. The van der Waals surface area contributed by atoms with Gasteiger partial charge in [-0.15, -0.1) is 0 Å². The number of anilines is 1. The molecule has 1 unspecified atom stereocenters. The molecule has 2 aromatic carbocycles. The summed E-state index contributed by atoms with van der Waals surface area (Å²) in [4.78, 5) is 24.5. The summed E-state index contributed by atoms with van der Waals surface area (Å²) in [7, 11) is 2.03. The van der Waals surface area contributed by atoms with Crippen LogP contribution in [0.5, 0.6) is 11.5 Å². The number of carbonyl (C=O) groups excluding carboxylic acids is 1. The molecule has 0 aliphatic carbocycles. The predicted molar refractivity (Wildman–Crippen MR) is 162 cm³/mol. The highest BCUT2D eigenvalue weighted by Gasteiger charge is 2.14. The average Bonchev–Trinajstić information content (AvgIpc) is 2.96. The van der Waals surface area contributed by atoms with E-state index >= 15 is 0 Å². The fourth-order valence-electron chi connectivity index (χ4n) is 3.07. The van der Waals surface area contributed by atoms with Crippen LogP contribution in [0.15, 0.2) is 73.0 Å². The van der Waals surface area contributed by atoms with Crippen molar-refractivity contribution in [1.82, 2.24) is 0 Å². The van der Waals surface area contributed by atoms with E-state index in [-0.39, 0.29) is 12.2 Å². The van der Waals surface area contributed by atoms with Crippen molar-refractivity contribution in [3.8, 4) is 11.5 Å². The first kappa shape index (κ1) is 35.3. The normalized spacial score (nSPS) is 11.1. The van der Waals surface area contributed by atoms with Gasteiger partial charge in [0.25, 0.3) is 0 Å². The lowest BCUT2D eigenvalue weighted by Crippen LogP contribution is -2.24. The number of aldehydes is 1. The minimum absolute atomic E-state index is 0.200. The Morgan fingerprint density at radius 1 is 1.00 bits per heavy atom. The standard InChI is InChI=1S/C23H29NO5.C5H9N.C4H10/c1-3-4-7-15-24(2)21-8-5-6-9-22(21)29-20(17-25)14-16-28-19-12-10-18(11-13-19)23(26)27;1-2-3-4-5-6;1-3-4-2/h5-6,8-13,17,20H,3-4,7,14-16H2,1-2H3,(H,26,27);2-5H,6H2,1H3;3-4H2,1-2H3/b;3-2+,5-4+;. The van der Waals surface area contributed by atoms with Crippen LogP contribution >= 0.6 is 0 Å². The van der Waals surface area contributed by atoms with Crippen LogP contribution in [0, 0.1) is 0 Å². The quantitative estimate of drug-likeness (QED) is 0.139. The van der Waals surface area contributed by atoms with Gasteiger partial charge in [0, 0.05) is 20.0 Å². The Hall–Kier alpha value is -3.74. The van der Waals surface area contributed by atoms with Gasteiger partial charge in [0.15, 0.2) is 12.4 Å². The van der Waals surface area contributed by atoms with Crippen LogP contribution in [0.4, 0.5) is 5.69 Å². The Bertz CT molecular complexity index is 945. The first-order valence-corrected chi connectivity index (χ1v) is 13.8. The summed E-state index contributed by atoms with van der Waals surface area (Å²) in [6, 6.07) is 13.9. The van der Waals surface area contributed by atoms with E-state index in [0.717, 1.165) is 31.4 Å². The number of carboxylic acids is 1. The van der Waals surface area contributed by atoms with Crippen molar-refractivity contribution in [2.75, 3.05) is 25.1 Å². The zero-order valence-electron chi connectivity index (χ0n) is 24.3. The maximum atomic E-state index is 11.5. The molecule has 39 heavy (non-hydrogen) atoms. The number of rotatable bonds is 15. The predicted octanol–water partition coefficient (Wildman–Crippen LogP) is 7.27.